The number of sulfonamides is 1. The van der Waals surface area contributed by atoms with E-state index in [1.165, 1.54) is 23.5 Å². The molecule has 0 aliphatic rings. The van der Waals surface area contributed by atoms with Gasteiger partial charge >= 0.3 is 0 Å². The fourth-order valence-electron chi connectivity index (χ4n) is 2.83. The van der Waals surface area contributed by atoms with Gasteiger partial charge in [-0.3, -0.25) is 4.79 Å². The monoisotopic (exact) mass is 488 g/mol. The minimum absolute atomic E-state index is 0.0742. The topological polar surface area (TPSA) is 75.7 Å². The lowest BCUT2D eigenvalue weighted by Crippen LogP contribution is -2.37. The van der Waals surface area contributed by atoms with Gasteiger partial charge in [-0.1, -0.05) is 52.3 Å². The van der Waals surface area contributed by atoms with Gasteiger partial charge in [0.05, 0.1) is 18.6 Å². The second-order valence-corrected chi connectivity index (χ2v) is 9.35. The van der Waals surface area contributed by atoms with Crippen molar-refractivity contribution in [1.29, 1.82) is 0 Å². The first-order valence-electron chi connectivity index (χ1n) is 9.12. The third kappa shape index (κ3) is 5.69. The van der Waals surface area contributed by atoms with Crippen LogP contribution in [0.2, 0.25) is 0 Å². The fraction of sp³-hybridized carbons (Fsp3) is 0.136. The zero-order valence-electron chi connectivity index (χ0n) is 16.3. The Hall–Kier alpha value is -2.68. The first-order valence-corrected chi connectivity index (χ1v) is 11.4. The van der Waals surface area contributed by atoms with Gasteiger partial charge in [-0.05, 0) is 42.0 Å². The highest BCUT2D eigenvalue weighted by molar-refractivity contribution is 9.10. The highest BCUT2D eigenvalue weighted by Crippen LogP contribution is 2.21. The molecule has 0 atom stereocenters. The minimum atomic E-state index is -3.89. The van der Waals surface area contributed by atoms with Crippen molar-refractivity contribution < 1.29 is 17.9 Å². The quantitative estimate of drug-likeness (QED) is 0.513. The van der Waals surface area contributed by atoms with Gasteiger partial charge in [0.15, 0.2) is 0 Å². The number of hydrogen-bond acceptors (Lipinski definition) is 4. The first kappa shape index (κ1) is 22.0. The molecule has 0 aromatic heterocycles. The zero-order chi connectivity index (χ0) is 21.6. The molecule has 0 fully saturated rings. The van der Waals surface area contributed by atoms with Crippen molar-refractivity contribution in [1.82, 2.24) is 4.31 Å². The van der Waals surface area contributed by atoms with Crippen LogP contribution in [0.25, 0.3) is 0 Å². The lowest BCUT2D eigenvalue weighted by molar-refractivity contribution is -0.116. The molecule has 0 unspecified atom stereocenters. The van der Waals surface area contributed by atoms with Crippen LogP contribution in [0.4, 0.5) is 5.69 Å². The number of halogens is 1. The summed E-state index contributed by atoms with van der Waals surface area (Å²) in [6.07, 6.45) is 0. The van der Waals surface area contributed by atoms with Crippen molar-refractivity contribution in [3.05, 3.63) is 88.9 Å². The third-order valence-electron chi connectivity index (χ3n) is 4.33. The molecule has 0 saturated heterocycles. The highest BCUT2D eigenvalue weighted by atomic mass is 79.9. The average Bonchev–Trinajstić information content (AvgIpc) is 2.74. The van der Waals surface area contributed by atoms with Crippen LogP contribution in [0, 0.1) is 0 Å². The van der Waals surface area contributed by atoms with Gasteiger partial charge in [0.2, 0.25) is 15.9 Å². The molecule has 0 heterocycles. The van der Waals surface area contributed by atoms with Crippen LogP contribution in [0.1, 0.15) is 5.56 Å². The van der Waals surface area contributed by atoms with Crippen molar-refractivity contribution in [2.24, 2.45) is 0 Å². The van der Waals surface area contributed by atoms with Crippen LogP contribution >= 0.6 is 15.9 Å². The minimum Gasteiger partial charge on any atom is -0.497 e. The summed E-state index contributed by atoms with van der Waals surface area (Å²) in [5, 5.41) is 2.73. The molecule has 6 nitrogen and oxygen atoms in total. The summed E-state index contributed by atoms with van der Waals surface area (Å²) in [6.45, 7) is -0.255. The summed E-state index contributed by atoms with van der Waals surface area (Å²) in [6, 6.07) is 22.4. The number of carbonyl (C=O) groups is 1. The number of hydrogen-bond donors (Lipinski definition) is 1. The van der Waals surface area contributed by atoms with E-state index >= 15 is 0 Å². The van der Waals surface area contributed by atoms with Gasteiger partial charge in [0, 0.05) is 22.8 Å². The summed E-state index contributed by atoms with van der Waals surface area (Å²) < 4.78 is 33.6. The van der Waals surface area contributed by atoms with Gasteiger partial charge in [-0.15, -0.1) is 0 Å². The van der Waals surface area contributed by atoms with Crippen molar-refractivity contribution in [3.63, 3.8) is 0 Å². The highest BCUT2D eigenvalue weighted by Gasteiger charge is 2.27. The number of nitrogens with zero attached hydrogens (tertiary/aromatic N) is 1. The molecular formula is C22H21BrN2O4S. The number of benzene rings is 3. The maximum Gasteiger partial charge on any atom is 0.243 e. The maximum atomic E-state index is 13.2. The number of amides is 1. The Bertz CT molecular complexity index is 1100. The molecule has 0 radical (unpaired) electrons. The van der Waals surface area contributed by atoms with E-state index in [0.29, 0.717) is 11.4 Å². The smallest absolute Gasteiger partial charge is 0.243 e. The van der Waals surface area contributed by atoms with E-state index in [1.807, 2.05) is 30.3 Å². The molecule has 30 heavy (non-hydrogen) atoms. The summed E-state index contributed by atoms with van der Waals surface area (Å²) in [5.74, 6) is 0.149. The van der Waals surface area contributed by atoms with Crippen LogP contribution in [0.5, 0.6) is 5.75 Å². The lowest BCUT2D eigenvalue weighted by atomic mass is 10.2. The first-order chi connectivity index (χ1) is 14.4. The Morgan fingerprint density at radius 3 is 2.37 bits per heavy atom. The number of methoxy groups -OCH3 is 1. The van der Waals surface area contributed by atoms with Gasteiger partial charge in [-0.2, -0.15) is 4.31 Å². The van der Waals surface area contributed by atoms with E-state index in [2.05, 4.69) is 21.2 Å². The van der Waals surface area contributed by atoms with Gasteiger partial charge in [0.25, 0.3) is 0 Å². The van der Waals surface area contributed by atoms with Crippen LogP contribution in [0.15, 0.2) is 88.2 Å². The number of rotatable bonds is 8. The Morgan fingerprint density at radius 1 is 1.00 bits per heavy atom. The maximum absolute atomic E-state index is 13.2. The predicted octanol–water partition coefficient (Wildman–Crippen LogP) is 4.29. The lowest BCUT2D eigenvalue weighted by Gasteiger charge is -2.22. The molecule has 3 aromatic carbocycles. The third-order valence-corrected chi connectivity index (χ3v) is 6.66. The summed E-state index contributed by atoms with van der Waals surface area (Å²) in [4.78, 5) is 12.8. The van der Waals surface area contributed by atoms with E-state index in [0.717, 1.165) is 10.0 Å². The van der Waals surface area contributed by atoms with Crippen molar-refractivity contribution in [3.8, 4) is 5.75 Å². The Balaban J connectivity index is 1.85. The van der Waals surface area contributed by atoms with Crippen molar-refractivity contribution in [2.75, 3.05) is 19.0 Å². The van der Waals surface area contributed by atoms with E-state index < -0.39 is 15.9 Å². The van der Waals surface area contributed by atoms with Gasteiger partial charge < -0.3 is 10.1 Å². The predicted molar refractivity (Wildman–Crippen MR) is 120 cm³/mol. The van der Waals surface area contributed by atoms with Crippen LogP contribution in [0.3, 0.4) is 0 Å². The van der Waals surface area contributed by atoms with E-state index in [1.54, 1.807) is 36.4 Å². The molecule has 0 bridgehead atoms. The molecule has 156 valence electrons. The number of nitrogens with one attached hydrogen (secondary N) is 1. The molecule has 1 N–H and O–H groups in total. The normalized spacial score (nSPS) is 11.3. The van der Waals surface area contributed by atoms with Gasteiger partial charge in [-0.25, -0.2) is 8.42 Å². The van der Waals surface area contributed by atoms with Crippen LogP contribution in [-0.2, 0) is 21.4 Å². The Morgan fingerprint density at radius 2 is 1.70 bits per heavy atom. The van der Waals surface area contributed by atoms with Crippen molar-refractivity contribution in [2.45, 2.75) is 11.4 Å². The van der Waals surface area contributed by atoms with E-state index in [-0.39, 0.29) is 18.0 Å². The molecule has 0 aliphatic carbocycles. The summed E-state index contributed by atoms with van der Waals surface area (Å²) in [7, 11) is -2.35. The molecule has 0 aliphatic heterocycles. The number of anilines is 1. The second kappa shape index (κ2) is 9.88. The molecule has 3 rings (SSSR count). The molecule has 3 aromatic rings. The number of carbonyl (C=O) groups excluding carboxylic acids is 1. The summed E-state index contributed by atoms with van der Waals surface area (Å²) in [5.41, 5.74) is 1.31. The SMILES string of the molecule is COc1cccc(NC(=O)CN(Cc2ccccc2)S(=O)(=O)c2ccc(Br)cc2)c1. The van der Waals surface area contributed by atoms with Crippen LogP contribution in [-0.4, -0.2) is 32.3 Å². The molecule has 0 saturated carbocycles. The Kier molecular flexibility index (Phi) is 7.25. The van der Waals surface area contributed by atoms with Crippen LogP contribution < -0.4 is 10.1 Å². The average molecular weight is 489 g/mol. The fourth-order valence-corrected chi connectivity index (χ4v) is 4.48. The van der Waals surface area contributed by atoms with Crippen molar-refractivity contribution >= 4 is 37.5 Å². The second-order valence-electron chi connectivity index (χ2n) is 6.49. The zero-order valence-corrected chi connectivity index (χ0v) is 18.7. The summed E-state index contributed by atoms with van der Waals surface area (Å²) >= 11 is 3.31. The van der Waals surface area contributed by atoms with E-state index in [4.69, 9.17) is 4.74 Å². The van der Waals surface area contributed by atoms with E-state index in [9.17, 15) is 13.2 Å². The molecule has 0 spiro atoms. The van der Waals surface area contributed by atoms with Gasteiger partial charge in [0.1, 0.15) is 5.75 Å². The Labute approximate surface area is 184 Å². The molecule has 1 amide bonds. The molecule has 8 heteroatoms. The molecular weight excluding hydrogens is 468 g/mol. The number of ether oxygens (including phenoxy) is 1. The largest absolute Gasteiger partial charge is 0.497 e. The standard InChI is InChI=1S/C22H21BrN2O4S/c1-29-20-9-5-8-19(14-20)24-22(26)16-25(15-17-6-3-2-4-7-17)30(27,28)21-12-10-18(23)11-13-21/h2-14H,15-16H2,1H3,(H,24,26).